The third-order valence-corrected chi connectivity index (χ3v) is 5.45. The normalized spacial score (nSPS) is 13.7. The van der Waals surface area contributed by atoms with Crippen LogP contribution in [0.4, 0.5) is 0 Å². The SMILES string of the molecule is CS(=O)c1ccc(Cc2cc(C(C)(C)C)cc(C(C)(C)C)c2O)cc1. The van der Waals surface area contributed by atoms with Crippen molar-refractivity contribution in [2.24, 2.45) is 0 Å². The average Bonchev–Trinajstić information content (AvgIpc) is 2.47. The molecule has 0 fully saturated rings. The Morgan fingerprint density at radius 3 is 1.92 bits per heavy atom. The van der Waals surface area contributed by atoms with Gasteiger partial charge >= 0.3 is 0 Å². The fraction of sp³-hybridized carbons (Fsp3) is 0.455. The maximum absolute atomic E-state index is 11.6. The summed E-state index contributed by atoms with van der Waals surface area (Å²) in [7, 11) is -0.968. The number of hydrogen-bond donors (Lipinski definition) is 1. The van der Waals surface area contributed by atoms with Gasteiger partial charge in [-0.1, -0.05) is 65.8 Å². The summed E-state index contributed by atoms with van der Waals surface area (Å²) in [4.78, 5) is 0.826. The van der Waals surface area contributed by atoms with Gasteiger partial charge in [-0.2, -0.15) is 0 Å². The van der Waals surface area contributed by atoms with E-state index in [1.54, 1.807) is 6.26 Å². The lowest BCUT2D eigenvalue weighted by molar-refractivity contribution is 0.439. The van der Waals surface area contributed by atoms with Crippen LogP contribution in [-0.2, 0) is 28.1 Å². The van der Waals surface area contributed by atoms with E-state index in [9.17, 15) is 9.32 Å². The van der Waals surface area contributed by atoms with Crippen LogP contribution < -0.4 is 0 Å². The number of aromatic hydroxyl groups is 1. The molecular formula is C22H30O2S. The van der Waals surface area contributed by atoms with Crippen LogP contribution >= 0.6 is 0 Å². The van der Waals surface area contributed by atoms with Crippen molar-refractivity contribution in [1.82, 2.24) is 0 Å². The van der Waals surface area contributed by atoms with Crippen LogP contribution in [-0.4, -0.2) is 15.6 Å². The standard InChI is InChI=1S/C22H30O2S/c1-21(2,3)17-13-16(20(23)19(14-17)22(4,5)6)12-15-8-10-18(11-9-15)25(7)24/h8-11,13-14,23H,12H2,1-7H3. The molecule has 0 amide bonds. The molecule has 1 N–H and O–H groups in total. The van der Waals surface area contributed by atoms with Crippen molar-refractivity contribution in [3.63, 3.8) is 0 Å². The van der Waals surface area contributed by atoms with Crippen molar-refractivity contribution >= 4 is 10.8 Å². The zero-order valence-corrected chi connectivity index (χ0v) is 17.3. The molecule has 0 aliphatic rings. The molecule has 2 rings (SSSR count). The zero-order chi connectivity index (χ0) is 19.0. The summed E-state index contributed by atoms with van der Waals surface area (Å²) < 4.78 is 11.6. The van der Waals surface area contributed by atoms with Crippen LogP contribution in [0.5, 0.6) is 5.75 Å². The molecular weight excluding hydrogens is 328 g/mol. The van der Waals surface area contributed by atoms with Gasteiger partial charge in [0.25, 0.3) is 0 Å². The summed E-state index contributed by atoms with van der Waals surface area (Å²) in [5.74, 6) is 0.392. The first-order chi connectivity index (χ1) is 11.4. The highest BCUT2D eigenvalue weighted by molar-refractivity contribution is 7.84. The van der Waals surface area contributed by atoms with E-state index in [0.29, 0.717) is 12.2 Å². The summed E-state index contributed by atoms with van der Waals surface area (Å²) in [5, 5.41) is 10.9. The first kappa shape index (κ1) is 19.7. The second kappa shape index (κ2) is 6.95. The molecule has 2 aromatic carbocycles. The minimum Gasteiger partial charge on any atom is -0.507 e. The highest BCUT2D eigenvalue weighted by Crippen LogP contribution is 2.38. The minimum absolute atomic E-state index is 0.0193. The molecule has 0 saturated carbocycles. The average molecular weight is 359 g/mol. The van der Waals surface area contributed by atoms with Gasteiger partial charge in [-0.05, 0) is 45.2 Å². The molecule has 0 bridgehead atoms. The van der Waals surface area contributed by atoms with Crippen molar-refractivity contribution in [2.45, 2.75) is 63.7 Å². The lowest BCUT2D eigenvalue weighted by Crippen LogP contribution is -2.17. The van der Waals surface area contributed by atoms with Gasteiger partial charge in [0.1, 0.15) is 5.75 Å². The summed E-state index contributed by atoms with van der Waals surface area (Å²) in [6, 6.07) is 12.1. The second-order valence-electron chi connectivity index (χ2n) is 8.81. The Balaban J connectivity index is 2.50. The van der Waals surface area contributed by atoms with Crippen LogP contribution in [0.1, 0.15) is 63.8 Å². The van der Waals surface area contributed by atoms with Crippen LogP contribution in [0, 0.1) is 0 Å². The summed E-state index contributed by atoms with van der Waals surface area (Å²) in [5.41, 5.74) is 4.17. The summed E-state index contributed by atoms with van der Waals surface area (Å²) in [6.45, 7) is 13.0. The van der Waals surface area contributed by atoms with E-state index in [1.807, 2.05) is 24.3 Å². The number of rotatable bonds is 3. The van der Waals surface area contributed by atoms with Crippen LogP contribution in [0.3, 0.4) is 0 Å². The number of benzene rings is 2. The second-order valence-corrected chi connectivity index (χ2v) is 10.2. The fourth-order valence-electron chi connectivity index (χ4n) is 2.85. The molecule has 136 valence electrons. The smallest absolute Gasteiger partial charge is 0.122 e. The fourth-order valence-corrected chi connectivity index (χ4v) is 3.37. The number of phenolic OH excluding ortho intramolecular Hbond substituents is 1. The van der Waals surface area contributed by atoms with E-state index in [2.05, 4.69) is 53.7 Å². The van der Waals surface area contributed by atoms with E-state index < -0.39 is 10.8 Å². The molecule has 0 aliphatic carbocycles. The Morgan fingerprint density at radius 1 is 0.920 bits per heavy atom. The maximum atomic E-state index is 11.6. The lowest BCUT2D eigenvalue weighted by atomic mass is 9.78. The zero-order valence-electron chi connectivity index (χ0n) is 16.4. The van der Waals surface area contributed by atoms with Crippen molar-refractivity contribution in [3.05, 3.63) is 58.7 Å². The summed E-state index contributed by atoms with van der Waals surface area (Å²) >= 11 is 0. The molecule has 25 heavy (non-hydrogen) atoms. The third kappa shape index (κ3) is 4.72. The van der Waals surface area contributed by atoms with Gasteiger partial charge in [-0.3, -0.25) is 4.21 Å². The Bertz CT molecular complexity index is 775. The van der Waals surface area contributed by atoms with Gasteiger partial charge in [0.2, 0.25) is 0 Å². The van der Waals surface area contributed by atoms with Crippen LogP contribution in [0.15, 0.2) is 41.3 Å². The summed E-state index contributed by atoms with van der Waals surface area (Å²) in [6.07, 6.45) is 2.35. The van der Waals surface area contributed by atoms with E-state index in [-0.39, 0.29) is 10.8 Å². The van der Waals surface area contributed by atoms with Crippen LogP contribution in [0.2, 0.25) is 0 Å². The third-order valence-electron chi connectivity index (χ3n) is 4.51. The van der Waals surface area contributed by atoms with Gasteiger partial charge in [0.05, 0.1) is 0 Å². The molecule has 0 aromatic heterocycles. The topological polar surface area (TPSA) is 37.3 Å². The van der Waals surface area contributed by atoms with E-state index >= 15 is 0 Å². The lowest BCUT2D eigenvalue weighted by Gasteiger charge is -2.27. The maximum Gasteiger partial charge on any atom is 0.122 e. The van der Waals surface area contributed by atoms with Crippen molar-refractivity contribution in [1.29, 1.82) is 0 Å². The van der Waals surface area contributed by atoms with E-state index in [1.165, 1.54) is 5.56 Å². The molecule has 0 heterocycles. The largest absolute Gasteiger partial charge is 0.507 e. The predicted octanol–water partition coefficient (Wildman–Crippen LogP) is 5.32. The van der Waals surface area contributed by atoms with Crippen LogP contribution in [0.25, 0.3) is 0 Å². The quantitative estimate of drug-likeness (QED) is 0.807. The minimum atomic E-state index is -0.968. The molecule has 0 aliphatic heterocycles. The monoisotopic (exact) mass is 358 g/mol. The molecule has 1 unspecified atom stereocenters. The first-order valence-electron chi connectivity index (χ1n) is 8.69. The number of phenols is 1. The van der Waals surface area contributed by atoms with Gasteiger partial charge in [-0.25, -0.2) is 0 Å². The molecule has 2 aromatic rings. The molecule has 0 saturated heterocycles. The van der Waals surface area contributed by atoms with Crippen molar-refractivity contribution in [2.75, 3.05) is 6.26 Å². The van der Waals surface area contributed by atoms with Gasteiger partial charge in [0, 0.05) is 28.4 Å². The highest BCUT2D eigenvalue weighted by atomic mass is 32.2. The number of hydrogen-bond acceptors (Lipinski definition) is 2. The molecule has 3 heteroatoms. The predicted molar refractivity (Wildman–Crippen MR) is 107 cm³/mol. The van der Waals surface area contributed by atoms with Gasteiger partial charge < -0.3 is 5.11 Å². The van der Waals surface area contributed by atoms with Gasteiger partial charge in [-0.15, -0.1) is 0 Å². The highest BCUT2D eigenvalue weighted by Gasteiger charge is 2.24. The Kier molecular flexibility index (Phi) is 5.48. The Morgan fingerprint density at radius 2 is 1.48 bits per heavy atom. The van der Waals surface area contributed by atoms with Crippen molar-refractivity contribution < 1.29 is 9.32 Å². The molecule has 0 spiro atoms. The first-order valence-corrected chi connectivity index (χ1v) is 10.2. The van der Waals surface area contributed by atoms with Gasteiger partial charge in [0.15, 0.2) is 0 Å². The molecule has 0 radical (unpaired) electrons. The Hall–Kier alpha value is -1.61. The molecule has 1 atom stereocenters. The van der Waals surface area contributed by atoms with E-state index in [0.717, 1.165) is 21.6 Å². The molecule has 2 nitrogen and oxygen atoms in total. The van der Waals surface area contributed by atoms with E-state index in [4.69, 9.17) is 0 Å². The van der Waals surface area contributed by atoms with Crippen molar-refractivity contribution in [3.8, 4) is 5.75 Å². The Labute approximate surface area is 154 Å².